The molecule has 1 aliphatic heterocycles. The number of hydrogen-bond donors (Lipinski definition) is 4. The number of amides is 2. The Morgan fingerprint density at radius 2 is 1.94 bits per heavy atom. The van der Waals surface area contributed by atoms with Crippen molar-refractivity contribution in [3.05, 3.63) is 65.0 Å². The number of phenolic OH excluding ortho intramolecular Hbond substituents is 1. The number of phenols is 1. The Balaban J connectivity index is 1.74. The van der Waals surface area contributed by atoms with E-state index < -0.39 is 40.7 Å². The summed E-state index contributed by atoms with van der Waals surface area (Å²) in [7, 11) is 0. The lowest BCUT2D eigenvalue weighted by molar-refractivity contribution is -0.185. The molecule has 0 spiro atoms. The first-order valence-electron chi connectivity index (χ1n) is 10.3. The Bertz CT molecular complexity index is 1080. The van der Waals surface area contributed by atoms with Crippen molar-refractivity contribution in [2.24, 2.45) is 0 Å². The summed E-state index contributed by atoms with van der Waals surface area (Å²) in [6, 6.07) is 8.68. The molecule has 1 fully saturated rings. The third kappa shape index (κ3) is 4.94. The molecule has 3 atom stereocenters. The first kappa shape index (κ1) is 24.5. The molecule has 8 nitrogen and oxygen atoms in total. The van der Waals surface area contributed by atoms with Gasteiger partial charge < -0.3 is 25.5 Å². The second kappa shape index (κ2) is 9.76. The second-order valence-corrected chi connectivity index (χ2v) is 8.50. The van der Waals surface area contributed by atoms with Gasteiger partial charge in [-0.2, -0.15) is 0 Å². The van der Waals surface area contributed by atoms with Crippen LogP contribution < -0.4 is 5.32 Å². The van der Waals surface area contributed by atoms with Crippen molar-refractivity contribution < 1.29 is 34.1 Å². The Labute approximate surface area is 194 Å². The number of benzene rings is 2. The molecule has 0 radical (unpaired) electrons. The second-order valence-electron chi connectivity index (χ2n) is 7.94. The van der Waals surface area contributed by atoms with Gasteiger partial charge in [-0.3, -0.25) is 9.59 Å². The summed E-state index contributed by atoms with van der Waals surface area (Å²) < 4.78 is 13.3. The number of likely N-dealkylation sites (tertiary alicyclic amines) is 1. The smallest absolute Gasteiger partial charge is 0.359 e. The average molecular weight is 479 g/mol. The van der Waals surface area contributed by atoms with Crippen LogP contribution in [0, 0.1) is 12.7 Å². The monoisotopic (exact) mass is 478 g/mol. The zero-order valence-electron chi connectivity index (χ0n) is 17.8. The molecule has 0 aromatic heterocycles. The molecule has 0 bridgehead atoms. The Morgan fingerprint density at radius 1 is 1.24 bits per heavy atom. The van der Waals surface area contributed by atoms with Gasteiger partial charge in [0.05, 0.1) is 5.38 Å². The van der Waals surface area contributed by atoms with Gasteiger partial charge in [0.2, 0.25) is 5.91 Å². The summed E-state index contributed by atoms with van der Waals surface area (Å²) in [6.07, 6.45) is 0.563. The molecule has 4 N–H and O–H groups in total. The number of carbonyl (C=O) groups excluding carboxylic acids is 2. The van der Waals surface area contributed by atoms with Crippen molar-refractivity contribution in [2.45, 2.75) is 43.3 Å². The van der Waals surface area contributed by atoms with E-state index in [0.717, 1.165) is 4.90 Å². The van der Waals surface area contributed by atoms with E-state index in [1.54, 1.807) is 12.1 Å². The molecule has 33 heavy (non-hydrogen) atoms. The molecule has 1 heterocycles. The molecule has 0 saturated carbocycles. The number of hydrogen-bond acceptors (Lipinski definition) is 5. The third-order valence-electron chi connectivity index (χ3n) is 5.76. The number of nitrogens with one attached hydrogen (secondary N) is 1. The Morgan fingerprint density at radius 3 is 2.61 bits per heavy atom. The number of halogens is 2. The first-order valence-corrected chi connectivity index (χ1v) is 10.7. The average Bonchev–Trinajstić information content (AvgIpc) is 3.01. The highest BCUT2D eigenvalue weighted by molar-refractivity contribution is 6.22. The van der Waals surface area contributed by atoms with Crippen LogP contribution in [0.25, 0.3) is 0 Å². The van der Waals surface area contributed by atoms with Gasteiger partial charge in [-0.25, -0.2) is 9.18 Å². The van der Waals surface area contributed by atoms with E-state index in [-0.39, 0.29) is 29.8 Å². The standard InChI is InChI=1S/C23H24ClFN2O6/c1-13-16(8-4-9-18(13)28)21(30)26-20-17(24)12-27(23(20,33)22(31)32)19(29)10-3-6-14-5-2-7-15(25)11-14/h2,4-5,7-9,11,17,20,28,33H,3,6,10,12H2,1H3,(H,26,30)(H,31,32)/t17?,20?,23-/m1/s1. The summed E-state index contributed by atoms with van der Waals surface area (Å²) in [5.41, 5.74) is -1.74. The van der Waals surface area contributed by atoms with Crippen LogP contribution in [0.5, 0.6) is 5.75 Å². The van der Waals surface area contributed by atoms with Gasteiger partial charge in [0.25, 0.3) is 11.6 Å². The van der Waals surface area contributed by atoms with Crippen LogP contribution in [0.15, 0.2) is 42.5 Å². The number of carboxylic acids is 1. The summed E-state index contributed by atoms with van der Waals surface area (Å²) >= 11 is 6.27. The SMILES string of the molecule is Cc1c(O)cccc1C(=O)NC1C(Cl)CN(C(=O)CCCc2cccc(F)c2)[C@]1(O)C(=O)O. The van der Waals surface area contributed by atoms with Crippen LogP contribution in [-0.2, 0) is 16.0 Å². The molecule has 10 heteroatoms. The van der Waals surface area contributed by atoms with Crippen molar-refractivity contribution in [3.63, 3.8) is 0 Å². The van der Waals surface area contributed by atoms with E-state index in [1.807, 2.05) is 0 Å². The van der Waals surface area contributed by atoms with Gasteiger partial charge in [0, 0.05) is 24.1 Å². The lowest BCUT2D eigenvalue weighted by Gasteiger charge is -2.34. The number of rotatable bonds is 7. The molecule has 2 aromatic rings. The molecule has 176 valence electrons. The van der Waals surface area contributed by atoms with Gasteiger partial charge in [0.1, 0.15) is 17.6 Å². The normalized spacial score (nSPS) is 22.2. The van der Waals surface area contributed by atoms with Crippen molar-refractivity contribution in [1.29, 1.82) is 0 Å². The van der Waals surface area contributed by atoms with E-state index in [4.69, 9.17) is 11.6 Å². The highest BCUT2D eigenvalue weighted by atomic mass is 35.5. The third-order valence-corrected chi connectivity index (χ3v) is 6.15. The number of aliphatic carboxylic acids is 1. The van der Waals surface area contributed by atoms with Crippen LogP contribution in [-0.4, -0.2) is 61.7 Å². The van der Waals surface area contributed by atoms with E-state index in [9.17, 15) is 34.1 Å². The number of aryl methyl sites for hydroxylation is 1. The summed E-state index contributed by atoms with van der Waals surface area (Å²) in [4.78, 5) is 38.3. The van der Waals surface area contributed by atoms with Crippen LogP contribution in [0.2, 0.25) is 0 Å². The maximum absolute atomic E-state index is 13.3. The quantitative estimate of drug-likeness (QED) is 0.452. The first-order chi connectivity index (χ1) is 15.6. The number of aromatic hydroxyl groups is 1. The van der Waals surface area contributed by atoms with Crippen LogP contribution in [0.4, 0.5) is 4.39 Å². The molecule has 2 unspecified atom stereocenters. The largest absolute Gasteiger partial charge is 0.508 e. The highest BCUT2D eigenvalue weighted by Crippen LogP contribution is 2.33. The van der Waals surface area contributed by atoms with Gasteiger partial charge >= 0.3 is 5.97 Å². The van der Waals surface area contributed by atoms with Gasteiger partial charge in [0.15, 0.2) is 0 Å². The van der Waals surface area contributed by atoms with Gasteiger partial charge in [-0.15, -0.1) is 11.6 Å². The fourth-order valence-electron chi connectivity index (χ4n) is 3.93. The van der Waals surface area contributed by atoms with E-state index >= 15 is 0 Å². The summed E-state index contributed by atoms with van der Waals surface area (Å²) in [5, 5.41) is 31.9. The fraction of sp³-hybridized carbons (Fsp3) is 0.348. The highest BCUT2D eigenvalue weighted by Gasteiger charge is 2.60. The van der Waals surface area contributed by atoms with Crippen molar-refractivity contribution >= 4 is 29.4 Å². The molecule has 1 aliphatic rings. The molecular weight excluding hydrogens is 455 g/mol. The minimum absolute atomic E-state index is 0.0754. The van der Waals surface area contributed by atoms with E-state index in [1.165, 1.54) is 37.3 Å². The molecule has 3 rings (SSSR count). The Kier molecular flexibility index (Phi) is 7.24. The topological polar surface area (TPSA) is 127 Å². The summed E-state index contributed by atoms with van der Waals surface area (Å²) in [6.45, 7) is 1.21. The van der Waals surface area contributed by atoms with Gasteiger partial charge in [-0.1, -0.05) is 18.2 Å². The zero-order chi connectivity index (χ0) is 24.3. The number of nitrogens with zero attached hydrogens (tertiary/aromatic N) is 1. The molecule has 2 aromatic carbocycles. The minimum Gasteiger partial charge on any atom is -0.508 e. The number of carboxylic acid groups (broad SMARTS) is 1. The zero-order valence-corrected chi connectivity index (χ0v) is 18.6. The van der Waals surface area contributed by atoms with Crippen molar-refractivity contribution in [3.8, 4) is 5.75 Å². The molecule has 2 amide bonds. The van der Waals surface area contributed by atoms with Crippen LogP contribution in [0.1, 0.15) is 34.3 Å². The lowest BCUT2D eigenvalue weighted by Crippen LogP contribution is -2.63. The van der Waals surface area contributed by atoms with Crippen molar-refractivity contribution in [2.75, 3.05) is 6.54 Å². The number of aliphatic hydroxyl groups is 1. The molecule has 1 saturated heterocycles. The maximum atomic E-state index is 13.3. The van der Waals surface area contributed by atoms with E-state index in [2.05, 4.69) is 5.32 Å². The number of carbonyl (C=O) groups is 3. The maximum Gasteiger partial charge on any atom is 0.359 e. The fourth-order valence-corrected chi connectivity index (χ4v) is 4.31. The molecule has 0 aliphatic carbocycles. The summed E-state index contributed by atoms with van der Waals surface area (Å²) in [5.74, 6) is -3.67. The Hall–Kier alpha value is -3.17. The predicted molar refractivity (Wildman–Crippen MR) is 117 cm³/mol. The van der Waals surface area contributed by atoms with Crippen LogP contribution >= 0.6 is 11.6 Å². The van der Waals surface area contributed by atoms with Gasteiger partial charge in [-0.05, 0) is 49.6 Å². The number of alkyl halides is 1. The molecular formula is C23H24ClFN2O6. The minimum atomic E-state index is -2.76. The van der Waals surface area contributed by atoms with Crippen LogP contribution in [0.3, 0.4) is 0 Å². The van der Waals surface area contributed by atoms with Crippen molar-refractivity contribution in [1.82, 2.24) is 10.2 Å². The predicted octanol–water partition coefficient (Wildman–Crippen LogP) is 2.18. The van der Waals surface area contributed by atoms with E-state index in [0.29, 0.717) is 18.4 Å². The lowest BCUT2D eigenvalue weighted by atomic mass is 10.0.